The van der Waals surface area contributed by atoms with Crippen molar-refractivity contribution in [3.63, 3.8) is 0 Å². The number of halogens is 1. The van der Waals surface area contributed by atoms with E-state index >= 15 is 0 Å². The first-order chi connectivity index (χ1) is 10.1. The van der Waals surface area contributed by atoms with Crippen LogP contribution in [0.2, 0.25) is 5.02 Å². The molecule has 3 nitrogen and oxygen atoms in total. The van der Waals surface area contributed by atoms with Crippen LogP contribution in [-0.2, 0) is 0 Å². The maximum Gasteiger partial charge on any atom is 0.121 e. The van der Waals surface area contributed by atoms with E-state index in [-0.39, 0.29) is 0 Å². The van der Waals surface area contributed by atoms with E-state index in [2.05, 4.69) is 0 Å². The number of rotatable bonds is 7. The third kappa shape index (κ3) is 5.20. The number of benzene rings is 2. The number of aryl methyl sites for hydroxylation is 1. The van der Waals surface area contributed by atoms with Gasteiger partial charge in [0.1, 0.15) is 11.5 Å². The highest BCUT2D eigenvalue weighted by Crippen LogP contribution is 2.19. The standard InChI is InChI=1S/C17H20ClNO2/c1-13-4-7-16(12-17(13)19)21-11-3-2-10-20-15-8-5-14(18)6-9-15/h4-9,12H,2-3,10-11,19H2,1H3. The Morgan fingerprint density at radius 1 is 0.905 bits per heavy atom. The number of hydrogen-bond acceptors (Lipinski definition) is 3. The maximum atomic E-state index is 5.84. The summed E-state index contributed by atoms with van der Waals surface area (Å²) in [4.78, 5) is 0. The molecule has 0 aliphatic carbocycles. The van der Waals surface area contributed by atoms with E-state index in [1.807, 2.05) is 49.4 Å². The Labute approximate surface area is 130 Å². The summed E-state index contributed by atoms with van der Waals surface area (Å²) in [6.07, 6.45) is 1.87. The quantitative estimate of drug-likeness (QED) is 0.606. The van der Waals surface area contributed by atoms with Crippen LogP contribution < -0.4 is 15.2 Å². The van der Waals surface area contributed by atoms with E-state index in [1.54, 1.807) is 0 Å². The van der Waals surface area contributed by atoms with Crippen LogP contribution in [0.15, 0.2) is 42.5 Å². The van der Waals surface area contributed by atoms with Gasteiger partial charge in [0.15, 0.2) is 0 Å². The molecule has 0 spiro atoms. The lowest BCUT2D eigenvalue weighted by atomic mass is 10.2. The van der Waals surface area contributed by atoms with Crippen molar-refractivity contribution >= 4 is 17.3 Å². The summed E-state index contributed by atoms with van der Waals surface area (Å²) in [5, 5.41) is 0.716. The molecule has 0 aliphatic heterocycles. The Morgan fingerprint density at radius 3 is 2.10 bits per heavy atom. The molecule has 0 saturated carbocycles. The van der Waals surface area contributed by atoms with Crippen molar-refractivity contribution in [1.29, 1.82) is 0 Å². The molecular weight excluding hydrogens is 286 g/mol. The molecule has 2 rings (SSSR count). The van der Waals surface area contributed by atoms with Crippen molar-refractivity contribution in [1.82, 2.24) is 0 Å². The van der Waals surface area contributed by atoms with Crippen LogP contribution in [0.3, 0.4) is 0 Å². The fourth-order valence-corrected chi connectivity index (χ4v) is 1.95. The fraction of sp³-hybridized carbons (Fsp3) is 0.294. The number of anilines is 1. The molecule has 2 N–H and O–H groups in total. The van der Waals surface area contributed by atoms with E-state index < -0.39 is 0 Å². The number of hydrogen-bond donors (Lipinski definition) is 1. The monoisotopic (exact) mass is 305 g/mol. The summed E-state index contributed by atoms with van der Waals surface area (Å²) >= 11 is 5.81. The van der Waals surface area contributed by atoms with Crippen molar-refractivity contribution in [2.24, 2.45) is 0 Å². The topological polar surface area (TPSA) is 44.5 Å². The van der Waals surface area contributed by atoms with E-state index in [9.17, 15) is 0 Å². The second-order valence-corrected chi connectivity index (χ2v) is 5.31. The van der Waals surface area contributed by atoms with Gasteiger partial charge in [-0.2, -0.15) is 0 Å². The highest BCUT2D eigenvalue weighted by Gasteiger charge is 1.98. The molecule has 0 amide bonds. The minimum absolute atomic E-state index is 0.659. The third-order valence-electron chi connectivity index (χ3n) is 3.14. The molecule has 4 heteroatoms. The molecule has 0 aromatic heterocycles. The smallest absolute Gasteiger partial charge is 0.121 e. The Balaban J connectivity index is 1.61. The average molecular weight is 306 g/mol. The zero-order chi connectivity index (χ0) is 15.1. The summed E-state index contributed by atoms with van der Waals surface area (Å²) in [5.41, 5.74) is 7.67. The van der Waals surface area contributed by atoms with E-state index in [4.69, 9.17) is 26.8 Å². The molecule has 0 radical (unpaired) electrons. The minimum Gasteiger partial charge on any atom is -0.494 e. The normalized spacial score (nSPS) is 10.4. The van der Waals surface area contributed by atoms with Crippen LogP contribution in [0.4, 0.5) is 5.69 Å². The molecule has 0 bridgehead atoms. The van der Waals surface area contributed by atoms with Crippen molar-refractivity contribution in [3.05, 3.63) is 53.1 Å². The number of nitrogen functional groups attached to an aromatic ring is 1. The average Bonchev–Trinajstić information content (AvgIpc) is 2.48. The largest absolute Gasteiger partial charge is 0.494 e. The SMILES string of the molecule is Cc1ccc(OCCCCOc2ccc(Cl)cc2)cc1N. The summed E-state index contributed by atoms with van der Waals surface area (Å²) in [7, 11) is 0. The second kappa shape index (κ2) is 7.79. The third-order valence-corrected chi connectivity index (χ3v) is 3.39. The van der Waals surface area contributed by atoms with Crippen LogP contribution in [0.25, 0.3) is 0 Å². The van der Waals surface area contributed by atoms with E-state index in [0.717, 1.165) is 35.6 Å². The fourth-order valence-electron chi connectivity index (χ4n) is 1.82. The molecule has 0 fully saturated rings. The lowest BCUT2D eigenvalue weighted by Gasteiger charge is -2.09. The second-order valence-electron chi connectivity index (χ2n) is 4.88. The molecule has 0 atom stereocenters. The lowest BCUT2D eigenvalue weighted by Crippen LogP contribution is -2.03. The highest BCUT2D eigenvalue weighted by atomic mass is 35.5. The molecule has 2 aromatic carbocycles. The van der Waals surface area contributed by atoms with Gasteiger partial charge in [-0.1, -0.05) is 17.7 Å². The zero-order valence-electron chi connectivity index (χ0n) is 12.1. The van der Waals surface area contributed by atoms with Crippen LogP contribution in [0.5, 0.6) is 11.5 Å². The van der Waals surface area contributed by atoms with Gasteiger partial charge in [-0.3, -0.25) is 0 Å². The van der Waals surface area contributed by atoms with Gasteiger partial charge >= 0.3 is 0 Å². The van der Waals surface area contributed by atoms with Gasteiger partial charge in [-0.25, -0.2) is 0 Å². The molecule has 21 heavy (non-hydrogen) atoms. The number of unbranched alkanes of at least 4 members (excludes halogenated alkanes) is 1. The molecule has 0 heterocycles. The van der Waals surface area contributed by atoms with Crippen molar-refractivity contribution in [3.8, 4) is 11.5 Å². The summed E-state index contributed by atoms with van der Waals surface area (Å²) in [6.45, 7) is 3.31. The Hall–Kier alpha value is -1.87. The van der Waals surface area contributed by atoms with Gasteiger partial charge in [0.2, 0.25) is 0 Å². The lowest BCUT2D eigenvalue weighted by molar-refractivity contribution is 0.266. The van der Waals surface area contributed by atoms with Crippen molar-refractivity contribution < 1.29 is 9.47 Å². The van der Waals surface area contributed by atoms with Gasteiger partial charge in [0.05, 0.1) is 13.2 Å². The van der Waals surface area contributed by atoms with Crippen molar-refractivity contribution in [2.75, 3.05) is 18.9 Å². The Kier molecular flexibility index (Phi) is 5.76. The van der Waals surface area contributed by atoms with Crippen molar-refractivity contribution in [2.45, 2.75) is 19.8 Å². The maximum absolute atomic E-state index is 5.84. The van der Waals surface area contributed by atoms with E-state index in [1.165, 1.54) is 0 Å². The minimum atomic E-state index is 0.659. The van der Waals surface area contributed by atoms with Crippen LogP contribution in [0.1, 0.15) is 18.4 Å². The Morgan fingerprint density at radius 2 is 1.48 bits per heavy atom. The molecular formula is C17H20ClNO2. The first-order valence-corrected chi connectivity index (χ1v) is 7.40. The summed E-state index contributed by atoms with van der Waals surface area (Å²) in [5.74, 6) is 1.66. The molecule has 0 unspecified atom stereocenters. The first kappa shape index (κ1) is 15.5. The van der Waals surface area contributed by atoms with Crippen LogP contribution in [-0.4, -0.2) is 13.2 Å². The molecule has 112 valence electrons. The Bertz CT molecular complexity index is 570. The van der Waals surface area contributed by atoms with Crippen LogP contribution >= 0.6 is 11.6 Å². The highest BCUT2D eigenvalue weighted by molar-refractivity contribution is 6.30. The van der Waals surface area contributed by atoms with Gasteiger partial charge in [0.25, 0.3) is 0 Å². The molecule has 2 aromatic rings. The van der Waals surface area contributed by atoms with Gasteiger partial charge in [-0.05, 0) is 55.7 Å². The predicted octanol–water partition coefficient (Wildman–Crippen LogP) is 4.47. The van der Waals surface area contributed by atoms with Gasteiger partial charge in [0, 0.05) is 16.8 Å². The summed E-state index contributed by atoms with van der Waals surface area (Å²) in [6, 6.07) is 13.1. The molecule has 0 aliphatic rings. The van der Waals surface area contributed by atoms with Gasteiger partial charge in [-0.15, -0.1) is 0 Å². The summed E-state index contributed by atoms with van der Waals surface area (Å²) < 4.78 is 11.3. The predicted molar refractivity (Wildman–Crippen MR) is 87.3 cm³/mol. The van der Waals surface area contributed by atoms with E-state index in [0.29, 0.717) is 18.2 Å². The zero-order valence-corrected chi connectivity index (χ0v) is 12.9. The number of nitrogens with two attached hydrogens (primary N) is 1. The van der Waals surface area contributed by atoms with Crippen LogP contribution in [0, 0.1) is 6.92 Å². The first-order valence-electron chi connectivity index (χ1n) is 7.02. The van der Waals surface area contributed by atoms with Gasteiger partial charge < -0.3 is 15.2 Å². The molecule has 0 saturated heterocycles. The number of ether oxygens (including phenoxy) is 2.